The summed E-state index contributed by atoms with van der Waals surface area (Å²) in [6.07, 6.45) is 10.9. The third kappa shape index (κ3) is 2.76. The van der Waals surface area contributed by atoms with Crippen LogP contribution >= 0.6 is 0 Å². The van der Waals surface area contributed by atoms with Crippen molar-refractivity contribution in [1.29, 1.82) is 0 Å². The van der Waals surface area contributed by atoms with Crippen LogP contribution in [0, 0.1) is 6.92 Å². The monoisotopic (exact) mass is 295 g/mol. The minimum atomic E-state index is 0.701. The molecule has 0 atom stereocenters. The van der Waals surface area contributed by atoms with E-state index in [4.69, 9.17) is 4.98 Å². The van der Waals surface area contributed by atoms with Crippen LogP contribution in [0.4, 0.5) is 0 Å². The molecule has 114 valence electrons. The lowest BCUT2D eigenvalue weighted by molar-refractivity contribution is 0.243. The summed E-state index contributed by atoms with van der Waals surface area (Å²) < 4.78 is 3.99. The molecule has 1 fully saturated rings. The van der Waals surface area contributed by atoms with Crippen LogP contribution in [-0.2, 0) is 20.1 Å². The van der Waals surface area contributed by atoms with Crippen LogP contribution < -0.4 is 0 Å². The summed E-state index contributed by atoms with van der Waals surface area (Å²) in [6, 6.07) is 4.90. The Bertz CT molecular complexity index is 796. The summed E-state index contributed by atoms with van der Waals surface area (Å²) in [5, 5.41) is 4.27. The molecule has 0 unspecified atom stereocenters. The molecule has 0 bridgehead atoms. The van der Waals surface area contributed by atoms with Gasteiger partial charge in [-0.15, -0.1) is 0 Å². The lowest BCUT2D eigenvalue weighted by Crippen LogP contribution is -2.25. The summed E-state index contributed by atoms with van der Waals surface area (Å²) in [5.74, 6) is 0. The molecule has 0 spiro atoms. The normalized spacial score (nSPS) is 15.0. The van der Waals surface area contributed by atoms with E-state index in [0.29, 0.717) is 6.04 Å². The van der Waals surface area contributed by atoms with Crippen LogP contribution in [0.5, 0.6) is 0 Å². The summed E-state index contributed by atoms with van der Waals surface area (Å²) in [5.41, 5.74) is 4.69. The van der Waals surface area contributed by atoms with Crippen molar-refractivity contribution in [3.63, 3.8) is 0 Å². The van der Waals surface area contributed by atoms with E-state index in [-0.39, 0.29) is 0 Å². The Balaban J connectivity index is 1.55. The van der Waals surface area contributed by atoms with E-state index >= 15 is 0 Å². The molecule has 0 radical (unpaired) electrons. The largest absolute Gasteiger partial charge is 0.307 e. The second-order valence-electron chi connectivity index (χ2n) is 6.36. The van der Waals surface area contributed by atoms with Crippen LogP contribution in [0.1, 0.15) is 29.7 Å². The quantitative estimate of drug-likeness (QED) is 0.726. The van der Waals surface area contributed by atoms with Crippen molar-refractivity contribution in [2.75, 3.05) is 0 Å². The van der Waals surface area contributed by atoms with Crippen molar-refractivity contribution in [3.05, 3.63) is 53.7 Å². The predicted molar refractivity (Wildman–Crippen MR) is 85.4 cm³/mol. The van der Waals surface area contributed by atoms with Crippen LogP contribution in [-0.4, -0.2) is 30.1 Å². The van der Waals surface area contributed by atoms with E-state index in [2.05, 4.69) is 52.0 Å². The molecule has 1 aliphatic carbocycles. The Morgan fingerprint density at radius 2 is 2.05 bits per heavy atom. The fourth-order valence-electron chi connectivity index (χ4n) is 2.98. The highest BCUT2D eigenvalue weighted by atomic mass is 15.3. The first kappa shape index (κ1) is 13.5. The highest BCUT2D eigenvalue weighted by Gasteiger charge is 2.29. The van der Waals surface area contributed by atoms with Crippen LogP contribution in [0.15, 0.2) is 36.9 Å². The maximum absolute atomic E-state index is 4.75. The third-order valence-electron chi connectivity index (χ3n) is 4.22. The zero-order chi connectivity index (χ0) is 15.1. The van der Waals surface area contributed by atoms with E-state index < -0.39 is 0 Å². The van der Waals surface area contributed by atoms with Gasteiger partial charge in [-0.25, -0.2) is 4.98 Å². The first-order chi connectivity index (χ1) is 10.7. The topological polar surface area (TPSA) is 38.4 Å². The van der Waals surface area contributed by atoms with Crippen molar-refractivity contribution < 1.29 is 0 Å². The standard InChI is InChI=1S/C17H21N5/c1-13-3-6-17-19-15(12-22(17)8-13)11-21(16-4-5-16)10-14-7-18-20(2)9-14/h3,6-9,12,16H,4-5,10-11H2,1-2H3. The number of pyridine rings is 1. The van der Waals surface area contributed by atoms with E-state index in [0.717, 1.165) is 24.4 Å². The number of aromatic nitrogens is 4. The Labute approximate surface area is 130 Å². The summed E-state index contributed by atoms with van der Waals surface area (Å²) in [7, 11) is 1.97. The van der Waals surface area contributed by atoms with Gasteiger partial charge in [0.2, 0.25) is 0 Å². The SMILES string of the molecule is Cc1ccc2nc(CN(Cc3cnn(C)c3)C3CC3)cn2c1. The second-order valence-corrected chi connectivity index (χ2v) is 6.36. The smallest absolute Gasteiger partial charge is 0.137 e. The molecular formula is C17H21N5. The third-order valence-corrected chi connectivity index (χ3v) is 4.22. The van der Waals surface area contributed by atoms with Crippen molar-refractivity contribution in [2.24, 2.45) is 7.05 Å². The molecule has 1 aliphatic rings. The molecule has 1 saturated carbocycles. The van der Waals surface area contributed by atoms with Gasteiger partial charge in [-0.1, -0.05) is 6.07 Å². The van der Waals surface area contributed by atoms with Gasteiger partial charge < -0.3 is 4.40 Å². The zero-order valence-corrected chi connectivity index (χ0v) is 13.1. The Morgan fingerprint density at radius 1 is 1.18 bits per heavy atom. The number of aryl methyl sites for hydroxylation is 2. The molecule has 3 heterocycles. The summed E-state index contributed by atoms with van der Waals surface area (Å²) in [4.78, 5) is 7.27. The molecule has 3 aromatic rings. The average Bonchev–Trinajstić information content (AvgIpc) is 3.14. The van der Waals surface area contributed by atoms with Crippen molar-refractivity contribution in [2.45, 2.75) is 38.9 Å². The minimum Gasteiger partial charge on any atom is -0.307 e. The Hall–Kier alpha value is -2.14. The number of nitrogens with zero attached hydrogens (tertiary/aromatic N) is 5. The van der Waals surface area contributed by atoms with Crippen LogP contribution in [0.25, 0.3) is 5.65 Å². The van der Waals surface area contributed by atoms with Crippen LogP contribution in [0.2, 0.25) is 0 Å². The fourth-order valence-corrected chi connectivity index (χ4v) is 2.98. The average molecular weight is 295 g/mol. The molecule has 0 amide bonds. The highest BCUT2D eigenvalue weighted by molar-refractivity contribution is 5.41. The zero-order valence-electron chi connectivity index (χ0n) is 13.1. The van der Waals surface area contributed by atoms with E-state index in [1.807, 2.05) is 17.9 Å². The first-order valence-corrected chi connectivity index (χ1v) is 7.83. The number of hydrogen-bond acceptors (Lipinski definition) is 3. The lowest BCUT2D eigenvalue weighted by Gasteiger charge is -2.19. The van der Waals surface area contributed by atoms with E-state index in [1.54, 1.807) is 0 Å². The Morgan fingerprint density at radius 3 is 2.77 bits per heavy atom. The number of fused-ring (bicyclic) bond motifs is 1. The molecule has 4 rings (SSSR count). The van der Waals surface area contributed by atoms with Gasteiger partial charge >= 0.3 is 0 Å². The number of rotatable bonds is 5. The summed E-state index contributed by atoms with van der Waals surface area (Å²) in [6.45, 7) is 3.96. The molecule has 0 aliphatic heterocycles. The maximum atomic E-state index is 4.75. The molecule has 0 saturated heterocycles. The van der Waals surface area contributed by atoms with E-state index in [1.165, 1.54) is 24.0 Å². The van der Waals surface area contributed by atoms with Gasteiger partial charge in [0.25, 0.3) is 0 Å². The van der Waals surface area contributed by atoms with Crippen molar-refractivity contribution >= 4 is 5.65 Å². The van der Waals surface area contributed by atoms with Crippen molar-refractivity contribution in [1.82, 2.24) is 24.1 Å². The van der Waals surface area contributed by atoms with Gasteiger partial charge in [0, 0.05) is 50.3 Å². The second kappa shape index (κ2) is 5.25. The van der Waals surface area contributed by atoms with Crippen molar-refractivity contribution in [3.8, 4) is 0 Å². The molecule has 3 aromatic heterocycles. The first-order valence-electron chi connectivity index (χ1n) is 7.83. The van der Waals surface area contributed by atoms with Gasteiger partial charge in [-0.05, 0) is 31.4 Å². The van der Waals surface area contributed by atoms with Gasteiger partial charge in [-0.3, -0.25) is 9.58 Å². The van der Waals surface area contributed by atoms with Gasteiger partial charge in [0.15, 0.2) is 0 Å². The molecule has 0 aromatic carbocycles. The molecule has 5 nitrogen and oxygen atoms in total. The molecule has 5 heteroatoms. The molecular weight excluding hydrogens is 274 g/mol. The molecule has 0 N–H and O–H groups in total. The van der Waals surface area contributed by atoms with Gasteiger partial charge in [0.05, 0.1) is 11.9 Å². The predicted octanol–water partition coefficient (Wildman–Crippen LogP) is 2.54. The highest BCUT2D eigenvalue weighted by Crippen LogP contribution is 2.29. The lowest BCUT2D eigenvalue weighted by atomic mass is 10.3. The number of imidazole rings is 1. The summed E-state index contributed by atoms with van der Waals surface area (Å²) >= 11 is 0. The van der Waals surface area contributed by atoms with Crippen LogP contribution in [0.3, 0.4) is 0 Å². The maximum Gasteiger partial charge on any atom is 0.137 e. The van der Waals surface area contributed by atoms with E-state index in [9.17, 15) is 0 Å². The number of hydrogen-bond donors (Lipinski definition) is 0. The molecule has 22 heavy (non-hydrogen) atoms. The fraction of sp³-hybridized carbons (Fsp3) is 0.412. The van der Waals surface area contributed by atoms with Gasteiger partial charge in [0.1, 0.15) is 5.65 Å². The Kier molecular flexibility index (Phi) is 3.22. The van der Waals surface area contributed by atoms with Gasteiger partial charge in [-0.2, -0.15) is 5.10 Å². The minimum absolute atomic E-state index is 0.701.